The zero-order valence-corrected chi connectivity index (χ0v) is 11.0. The molecule has 0 saturated carbocycles. The number of anilines is 1. The number of aromatic nitrogens is 2. The molecule has 0 bridgehead atoms. The van der Waals surface area contributed by atoms with E-state index in [0.717, 1.165) is 24.5 Å². The summed E-state index contributed by atoms with van der Waals surface area (Å²) in [7, 11) is 1.80. The van der Waals surface area contributed by atoms with Crippen LogP contribution in [0.1, 0.15) is 19.0 Å². The number of hydrogen-bond donors (Lipinski definition) is 2. The molecule has 0 unspecified atom stereocenters. The molecule has 0 spiro atoms. The summed E-state index contributed by atoms with van der Waals surface area (Å²) in [6, 6.07) is 0. The standard InChI is InChI=1S/C11H18N4OS/c1-3-4-13-11(16)8-17-7-9-5-15-10(12-2)6-14-9/h5-6H,3-4,7-8H2,1-2H3,(H,12,15)(H,13,16). The summed E-state index contributed by atoms with van der Waals surface area (Å²) in [5, 5.41) is 5.74. The largest absolute Gasteiger partial charge is 0.372 e. The first-order chi connectivity index (χ1) is 8.26. The third kappa shape index (κ3) is 5.53. The van der Waals surface area contributed by atoms with Gasteiger partial charge in [-0.25, -0.2) is 4.98 Å². The molecule has 6 heteroatoms. The molecule has 17 heavy (non-hydrogen) atoms. The maximum Gasteiger partial charge on any atom is 0.230 e. The summed E-state index contributed by atoms with van der Waals surface area (Å²) in [4.78, 5) is 19.7. The molecule has 0 saturated heterocycles. The Balaban J connectivity index is 2.23. The van der Waals surface area contributed by atoms with Gasteiger partial charge in [0, 0.05) is 19.3 Å². The minimum absolute atomic E-state index is 0.0802. The van der Waals surface area contributed by atoms with Crippen LogP contribution in [0.2, 0.25) is 0 Å². The van der Waals surface area contributed by atoms with Crippen molar-refractivity contribution in [1.82, 2.24) is 15.3 Å². The highest BCUT2D eigenvalue weighted by Crippen LogP contribution is 2.09. The van der Waals surface area contributed by atoms with Crippen molar-refractivity contribution in [3.05, 3.63) is 18.1 Å². The van der Waals surface area contributed by atoms with Gasteiger partial charge in [-0.2, -0.15) is 0 Å². The van der Waals surface area contributed by atoms with Crippen LogP contribution in [-0.4, -0.2) is 35.2 Å². The molecule has 0 aromatic carbocycles. The van der Waals surface area contributed by atoms with Crippen LogP contribution < -0.4 is 10.6 Å². The fourth-order valence-corrected chi connectivity index (χ4v) is 1.87. The predicted octanol–water partition coefficient (Wildman–Crippen LogP) is 1.28. The second-order valence-corrected chi connectivity index (χ2v) is 4.47. The van der Waals surface area contributed by atoms with Crippen molar-refractivity contribution < 1.29 is 4.79 Å². The van der Waals surface area contributed by atoms with Gasteiger partial charge in [0.1, 0.15) is 5.82 Å². The number of nitrogens with zero attached hydrogens (tertiary/aromatic N) is 2. The molecule has 1 aromatic rings. The Hall–Kier alpha value is -1.30. The van der Waals surface area contributed by atoms with Gasteiger partial charge in [-0.05, 0) is 6.42 Å². The topological polar surface area (TPSA) is 66.9 Å². The van der Waals surface area contributed by atoms with Crippen molar-refractivity contribution in [2.75, 3.05) is 24.7 Å². The van der Waals surface area contributed by atoms with Crippen LogP contribution in [0.3, 0.4) is 0 Å². The Morgan fingerprint density at radius 3 is 2.82 bits per heavy atom. The molecule has 1 aromatic heterocycles. The van der Waals surface area contributed by atoms with E-state index in [9.17, 15) is 4.79 Å². The van der Waals surface area contributed by atoms with Crippen LogP contribution in [0.4, 0.5) is 5.82 Å². The number of carbonyl (C=O) groups is 1. The minimum Gasteiger partial charge on any atom is -0.372 e. The van der Waals surface area contributed by atoms with Gasteiger partial charge in [-0.15, -0.1) is 11.8 Å². The number of rotatable bonds is 7. The van der Waals surface area contributed by atoms with Gasteiger partial charge >= 0.3 is 0 Å². The summed E-state index contributed by atoms with van der Waals surface area (Å²) in [6.07, 6.45) is 4.38. The summed E-state index contributed by atoms with van der Waals surface area (Å²) < 4.78 is 0. The molecule has 1 heterocycles. The number of nitrogens with one attached hydrogen (secondary N) is 2. The molecule has 1 rings (SSSR count). The van der Waals surface area contributed by atoms with Crippen LogP contribution in [0.5, 0.6) is 0 Å². The first kappa shape index (κ1) is 13.8. The Bertz CT molecular complexity index is 342. The Morgan fingerprint density at radius 1 is 1.41 bits per heavy atom. The quantitative estimate of drug-likeness (QED) is 0.767. The summed E-state index contributed by atoms with van der Waals surface area (Å²) in [5.41, 5.74) is 0.886. The van der Waals surface area contributed by atoms with E-state index < -0.39 is 0 Å². The van der Waals surface area contributed by atoms with Crippen molar-refractivity contribution in [3.8, 4) is 0 Å². The van der Waals surface area contributed by atoms with Crippen LogP contribution in [0, 0.1) is 0 Å². The summed E-state index contributed by atoms with van der Waals surface area (Å²) in [6.45, 7) is 2.78. The second kappa shape index (κ2) is 7.89. The van der Waals surface area contributed by atoms with Crippen LogP contribution in [0.15, 0.2) is 12.4 Å². The molecular formula is C11H18N4OS. The predicted molar refractivity (Wildman–Crippen MR) is 71.0 cm³/mol. The lowest BCUT2D eigenvalue weighted by molar-refractivity contribution is -0.118. The van der Waals surface area contributed by atoms with E-state index in [2.05, 4.69) is 20.6 Å². The van der Waals surface area contributed by atoms with Gasteiger partial charge < -0.3 is 10.6 Å². The molecular weight excluding hydrogens is 236 g/mol. The first-order valence-corrected chi connectivity index (χ1v) is 6.74. The van der Waals surface area contributed by atoms with E-state index in [-0.39, 0.29) is 5.91 Å². The molecule has 0 atom stereocenters. The molecule has 1 amide bonds. The SMILES string of the molecule is CCCNC(=O)CSCc1cnc(NC)cn1. The highest BCUT2D eigenvalue weighted by Gasteiger charge is 2.02. The number of amides is 1. The highest BCUT2D eigenvalue weighted by molar-refractivity contribution is 7.99. The van der Waals surface area contributed by atoms with Gasteiger partial charge in [-0.1, -0.05) is 6.92 Å². The van der Waals surface area contributed by atoms with E-state index in [1.807, 2.05) is 6.92 Å². The van der Waals surface area contributed by atoms with Crippen LogP contribution >= 0.6 is 11.8 Å². The van der Waals surface area contributed by atoms with E-state index >= 15 is 0 Å². The summed E-state index contributed by atoms with van der Waals surface area (Å²) >= 11 is 1.54. The second-order valence-electron chi connectivity index (χ2n) is 3.49. The smallest absolute Gasteiger partial charge is 0.230 e. The monoisotopic (exact) mass is 254 g/mol. The molecule has 2 N–H and O–H groups in total. The maximum absolute atomic E-state index is 11.3. The number of hydrogen-bond acceptors (Lipinski definition) is 5. The molecule has 0 aliphatic heterocycles. The van der Waals surface area contributed by atoms with Gasteiger partial charge in [0.2, 0.25) is 5.91 Å². The third-order valence-electron chi connectivity index (χ3n) is 2.02. The maximum atomic E-state index is 11.3. The molecule has 0 radical (unpaired) electrons. The number of thioether (sulfide) groups is 1. The minimum atomic E-state index is 0.0802. The van der Waals surface area contributed by atoms with E-state index in [4.69, 9.17) is 0 Å². The highest BCUT2D eigenvalue weighted by atomic mass is 32.2. The zero-order valence-electron chi connectivity index (χ0n) is 10.2. The molecule has 94 valence electrons. The average molecular weight is 254 g/mol. The van der Waals surface area contributed by atoms with Crippen molar-refractivity contribution in [2.24, 2.45) is 0 Å². The van der Waals surface area contributed by atoms with Crippen molar-refractivity contribution >= 4 is 23.5 Å². The normalized spacial score (nSPS) is 10.0. The Morgan fingerprint density at radius 2 is 2.24 bits per heavy atom. The summed E-state index contributed by atoms with van der Waals surface area (Å²) in [5.74, 6) is 2.00. The Labute approximate surface area is 106 Å². The van der Waals surface area contributed by atoms with E-state index in [1.54, 1.807) is 31.2 Å². The van der Waals surface area contributed by atoms with Crippen molar-refractivity contribution in [1.29, 1.82) is 0 Å². The fraction of sp³-hybridized carbons (Fsp3) is 0.545. The Kier molecular flexibility index (Phi) is 6.39. The molecule has 5 nitrogen and oxygen atoms in total. The lowest BCUT2D eigenvalue weighted by Gasteiger charge is -2.03. The van der Waals surface area contributed by atoms with Crippen molar-refractivity contribution in [3.63, 3.8) is 0 Å². The first-order valence-electron chi connectivity index (χ1n) is 5.59. The third-order valence-corrected chi connectivity index (χ3v) is 2.98. The molecule has 0 aliphatic carbocycles. The average Bonchev–Trinajstić information content (AvgIpc) is 2.37. The molecule has 0 fully saturated rings. The van der Waals surface area contributed by atoms with E-state index in [0.29, 0.717) is 11.5 Å². The van der Waals surface area contributed by atoms with Gasteiger partial charge in [0.15, 0.2) is 0 Å². The van der Waals surface area contributed by atoms with Gasteiger partial charge in [0.25, 0.3) is 0 Å². The van der Waals surface area contributed by atoms with Gasteiger partial charge in [-0.3, -0.25) is 9.78 Å². The molecule has 0 aliphatic rings. The zero-order chi connectivity index (χ0) is 12.5. The van der Waals surface area contributed by atoms with Crippen LogP contribution in [-0.2, 0) is 10.5 Å². The van der Waals surface area contributed by atoms with Crippen molar-refractivity contribution in [2.45, 2.75) is 19.1 Å². The van der Waals surface area contributed by atoms with E-state index in [1.165, 1.54) is 0 Å². The van der Waals surface area contributed by atoms with Gasteiger partial charge in [0.05, 0.1) is 23.8 Å². The lowest BCUT2D eigenvalue weighted by atomic mass is 10.5. The lowest BCUT2D eigenvalue weighted by Crippen LogP contribution is -2.25. The fourth-order valence-electron chi connectivity index (χ4n) is 1.12. The number of carbonyl (C=O) groups excluding carboxylic acids is 1. The van der Waals surface area contributed by atoms with Crippen LogP contribution in [0.25, 0.3) is 0 Å².